The summed E-state index contributed by atoms with van der Waals surface area (Å²) in [4.78, 5) is 0. The predicted molar refractivity (Wildman–Crippen MR) is 60.0 cm³/mol. The molecule has 4 nitrogen and oxygen atoms in total. The molecule has 0 radical (unpaired) electrons. The minimum atomic E-state index is -3.22. The van der Waals surface area contributed by atoms with Crippen LogP contribution >= 0.6 is 0 Å². The van der Waals surface area contributed by atoms with Crippen LogP contribution in [0.3, 0.4) is 0 Å². The first-order valence-electron chi connectivity index (χ1n) is 4.92. The van der Waals surface area contributed by atoms with E-state index in [-0.39, 0.29) is 12.4 Å². The van der Waals surface area contributed by atoms with Crippen molar-refractivity contribution in [1.82, 2.24) is 0 Å². The molecule has 1 aromatic rings. The average Bonchev–Trinajstić information content (AvgIpc) is 2.19. The molecule has 0 unspecified atom stereocenters. The van der Waals surface area contributed by atoms with Gasteiger partial charge in [-0.2, -0.15) is 0 Å². The fraction of sp³-hybridized carbons (Fsp3) is 0.400. The molecule has 0 heterocycles. The fourth-order valence-corrected chi connectivity index (χ4v) is 1.64. The number of hydrogen-bond acceptors (Lipinski definition) is 2. The summed E-state index contributed by atoms with van der Waals surface area (Å²) in [6.45, 7) is 1.57. The minimum absolute atomic E-state index is 0.254. The second-order valence-corrected chi connectivity index (χ2v) is 5.22. The lowest BCUT2D eigenvalue weighted by atomic mass is 10.2. The van der Waals surface area contributed by atoms with Crippen molar-refractivity contribution in [1.29, 1.82) is 0 Å². The maximum absolute atomic E-state index is 12.6. The van der Waals surface area contributed by atoms with E-state index < -0.39 is 10.0 Å². The molecule has 0 atom stereocenters. The number of sulfonamides is 1. The van der Waals surface area contributed by atoms with Crippen molar-refractivity contribution in [3.05, 3.63) is 40.4 Å². The van der Waals surface area contributed by atoms with Crippen LogP contribution in [0.2, 0.25) is 0 Å². The summed E-state index contributed by atoms with van der Waals surface area (Å²) < 4.78 is 37.4. The standard InChI is InChI=1S/C10H14FN2O2S/c1-16(14,15)13-7-6-12-8-9-2-4-10(11)5-3-9/h2-5,12H,6-8H2,1H3/q-1/p+1. The monoisotopic (exact) mass is 246 g/mol. The van der Waals surface area contributed by atoms with Crippen LogP contribution in [0, 0.1) is 5.82 Å². The Morgan fingerprint density at radius 3 is 2.50 bits per heavy atom. The first-order chi connectivity index (χ1) is 7.47. The van der Waals surface area contributed by atoms with Crippen molar-refractivity contribution < 1.29 is 18.1 Å². The predicted octanol–water partition coefficient (Wildman–Crippen LogP) is 0.222. The van der Waals surface area contributed by atoms with Crippen molar-refractivity contribution in [2.45, 2.75) is 6.54 Å². The maximum Gasteiger partial charge on any atom is 0.123 e. The van der Waals surface area contributed by atoms with Crippen molar-refractivity contribution in [3.8, 4) is 0 Å². The van der Waals surface area contributed by atoms with E-state index in [1.54, 1.807) is 12.1 Å². The number of hydrogen-bond donors (Lipinski definition) is 1. The van der Waals surface area contributed by atoms with Gasteiger partial charge in [0, 0.05) is 11.8 Å². The van der Waals surface area contributed by atoms with Gasteiger partial charge in [-0.25, -0.2) is 12.8 Å². The lowest BCUT2D eigenvalue weighted by Crippen LogP contribution is -2.83. The van der Waals surface area contributed by atoms with Gasteiger partial charge in [0.25, 0.3) is 0 Å². The van der Waals surface area contributed by atoms with Gasteiger partial charge in [0.05, 0.1) is 16.6 Å². The zero-order valence-corrected chi connectivity index (χ0v) is 9.87. The van der Waals surface area contributed by atoms with Gasteiger partial charge in [0.1, 0.15) is 12.4 Å². The van der Waals surface area contributed by atoms with Crippen molar-refractivity contribution >= 4 is 10.0 Å². The van der Waals surface area contributed by atoms with Crippen LogP contribution in [0.25, 0.3) is 4.72 Å². The third kappa shape index (κ3) is 5.79. The highest BCUT2D eigenvalue weighted by atomic mass is 32.2. The summed E-state index contributed by atoms with van der Waals surface area (Å²) in [5.41, 5.74) is 1.00. The van der Waals surface area contributed by atoms with E-state index in [4.69, 9.17) is 0 Å². The van der Waals surface area contributed by atoms with E-state index >= 15 is 0 Å². The number of quaternary nitrogens is 1. The zero-order chi connectivity index (χ0) is 12.0. The van der Waals surface area contributed by atoms with Gasteiger partial charge in [-0.1, -0.05) is 18.7 Å². The van der Waals surface area contributed by atoms with Crippen LogP contribution in [-0.2, 0) is 16.6 Å². The molecule has 1 aromatic carbocycles. The number of rotatable bonds is 6. The third-order valence-corrected chi connectivity index (χ3v) is 2.60. The molecule has 6 heteroatoms. The number of nitrogens with zero attached hydrogens (tertiary/aromatic N) is 1. The molecule has 90 valence electrons. The minimum Gasteiger partial charge on any atom is -0.545 e. The molecule has 0 saturated heterocycles. The van der Waals surface area contributed by atoms with Crippen LogP contribution < -0.4 is 5.32 Å². The molecular weight excluding hydrogens is 231 g/mol. The van der Waals surface area contributed by atoms with Crippen LogP contribution in [0.4, 0.5) is 4.39 Å². The molecule has 0 amide bonds. The number of nitrogens with two attached hydrogens (primary N) is 1. The Bertz CT molecular complexity index is 417. The van der Waals surface area contributed by atoms with Crippen LogP contribution in [0.5, 0.6) is 0 Å². The van der Waals surface area contributed by atoms with E-state index in [1.165, 1.54) is 12.1 Å². The van der Waals surface area contributed by atoms with Crippen molar-refractivity contribution in [3.63, 3.8) is 0 Å². The summed E-state index contributed by atoms with van der Waals surface area (Å²) in [6.07, 6.45) is 1.08. The molecule has 0 aromatic heterocycles. The molecule has 0 aliphatic carbocycles. The van der Waals surface area contributed by atoms with Crippen molar-refractivity contribution in [2.75, 3.05) is 19.3 Å². The van der Waals surface area contributed by atoms with E-state index in [2.05, 4.69) is 4.72 Å². The largest absolute Gasteiger partial charge is 0.545 e. The Balaban J connectivity index is 2.19. The molecule has 0 aliphatic heterocycles. The third-order valence-electron chi connectivity index (χ3n) is 1.95. The summed E-state index contributed by atoms with van der Waals surface area (Å²) in [5, 5.41) is 1.93. The molecule has 0 bridgehead atoms. The first kappa shape index (κ1) is 13.1. The quantitative estimate of drug-likeness (QED) is 0.730. The van der Waals surface area contributed by atoms with E-state index in [9.17, 15) is 12.8 Å². The topological polar surface area (TPSA) is 64.8 Å². The van der Waals surface area contributed by atoms with Gasteiger partial charge >= 0.3 is 0 Å². The average molecular weight is 246 g/mol. The highest BCUT2D eigenvalue weighted by Crippen LogP contribution is 2.00. The second kappa shape index (κ2) is 5.93. The molecule has 16 heavy (non-hydrogen) atoms. The summed E-state index contributed by atoms with van der Waals surface area (Å²) >= 11 is 0. The highest BCUT2D eigenvalue weighted by molar-refractivity contribution is 7.93. The van der Waals surface area contributed by atoms with Gasteiger partial charge in [0.15, 0.2) is 0 Å². The summed E-state index contributed by atoms with van der Waals surface area (Å²) in [7, 11) is -3.22. The maximum atomic E-state index is 12.6. The smallest absolute Gasteiger partial charge is 0.123 e. The zero-order valence-electron chi connectivity index (χ0n) is 9.06. The highest BCUT2D eigenvalue weighted by Gasteiger charge is 1.95. The van der Waals surface area contributed by atoms with Crippen LogP contribution in [0.1, 0.15) is 5.56 Å². The second-order valence-electron chi connectivity index (χ2n) is 3.49. The molecule has 0 aliphatic rings. The molecule has 0 fully saturated rings. The summed E-state index contributed by atoms with van der Waals surface area (Å²) in [5.74, 6) is -0.254. The van der Waals surface area contributed by atoms with Gasteiger partial charge in [-0.3, -0.25) is 0 Å². The van der Waals surface area contributed by atoms with Gasteiger partial charge < -0.3 is 10.0 Å². The van der Waals surface area contributed by atoms with Crippen LogP contribution in [0.15, 0.2) is 24.3 Å². The van der Waals surface area contributed by atoms with E-state index in [0.717, 1.165) is 11.8 Å². The van der Waals surface area contributed by atoms with Gasteiger partial charge in [-0.15, -0.1) is 0 Å². The number of halogens is 1. The van der Waals surface area contributed by atoms with Gasteiger partial charge in [0.2, 0.25) is 0 Å². The van der Waals surface area contributed by atoms with E-state index in [0.29, 0.717) is 13.1 Å². The Kier molecular flexibility index (Phi) is 4.85. The molecular formula is C10H15FN2O2S. The van der Waals surface area contributed by atoms with Crippen molar-refractivity contribution in [2.24, 2.45) is 0 Å². The first-order valence-corrected chi connectivity index (χ1v) is 6.77. The normalized spacial score (nSPS) is 11.6. The Labute approximate surface area is 94.9 Å². The molecule has 2 N–H and O–H groups in total. The van der Waals surface area contributed by atoms with Gasteiger partial charge in [-0.05, 0) is 12.1 Å². The van der Waals surface area contributed by atoms with Crippen LogP contribution in [-0.4, -0.2) is 27.8 Å². The Morgan fingerprint density at radius 2 is 1.94 bits per heavy atom. The molecule has 0 saturated carbocycles. The Hall–Kier alpha value is -0.980. The molecule has 0 spiro atoms. The lowest BCUT2D eigenvalue weighted by molar-refractivity contribution is -0.667. The fourth-order valence-electron chi connectivity index (χ4n) is 1.20. The lowest BCUT2D eigenvalue weighted by Gasteiger charge is -2.14. The number of benzene rings is 1. The molecule has 1 rings (SSSR count). The van der Waals surface area contributed by atoms with E-state index in [1.807, 2.05) is 5.32 Å². The summed E-state index contributed by atoms with van der Waals surface area (Å²) in [6, 6.07) is 6.23. The Morgan fingerprint density at radius 1 is 1.31 bits per heavy atom. The SMILES string of the molecule is CS(=O)(=O)[N-]CC[NH2+]Cc1ccc(F)cc1.